The molecule has 2 aromatic rings. The molecule has 0 heterocycles. The van der Waals surface area contributed by atoms with Crippen LogP contribution in [0.5, 0.6) is 0 Å². The van der Waals surface area contributed by atoms with E-state index < -0.39 is 0 Å². The zero-order chi connectivity index (χ0) is 15.8. The molecule has 0 aromatic heterocycles. The lowest BCUT2D eigenvalue weighted by atomic mass is 10.2. The highest BCUT2D eigenvalue weighted by molar-refractivity contribution is 6.04. The lowest BCUT2D eigenvalue weighted by molar-refractivity contribution is -0.120. The first kappa shape index (κ1) is 15.3. The maximum absolute atomic E-state index is 12.0. The molecule has 0 aliphatic carbocycles. The number of nitrogens with one attached hydrogen (secondary N) is 2. The van der Waals surface area contributed by atoms with E-state index in [0.29, 0.717) is 17.8 Å². The van der Waals surface area contributed by atoms with E-state index in [9.17, 15) is 9.59 Å². The van der Waals surface area contributed by atoms with E-state index in [-0.39, 0.29) is 18.2 Å². The van der Waals surface area contributed by atoms with E-state index >= 15 is 0 Å². The predicted molar refractivity (Wildman–Crippen MR) is 82.9 cm³/mol. The SMILES string of the molecule is N#CCC(=O)NCc1ccc(NC(=O)c2ccccc2)cc1. The minimum absolute atomic E-state index is 0.148. The Hall–Kier alpha value is -3.13. The van der Waals surface area contributed by atoms with Crippen molar-refractivity contribution in [2.75, 3.05) is 5.32 Å². The molecule has 0 unspecified atom stereocenters. The van der Waals surface area contributed by atoms with Crippen LogP contribution in [0, 0.1) is 11.3 Å². The molecule has 22 heavy (non-hydrogen) atoms. The third-order valence-electron chi connectivity index (χ3n) is 2.98. The highest BCUT2D eigenvalue weighted by Gasteiger charge is 2.05. The number of nitrogens with zero attached hydrogens (tertiary/aromatic N) is 1. The van der Waals surface area contributed by atoms with Crippen LogP contribution in [0.25, 0.3) is 0 Å². The van der Waals surface area contributed by atoms with E-state index in [2.05, 4.69) is 10.6 Å². The number of nitriles is 1. The molecule has 2 rings (SSSR count). The zero-order valence-electron chi connectivity index (χ0n) is 11.9. The summed E-state index contributed by atoms with van der Waals surface area (Å²) in [6.07, 6.45) is -0.148. The summed E-state index contributed by atoms with van der Waals surface area (Å²) in [5.74, 6) is -0.473. The molecular weight excluding hydrogens is 278 g/mol. The van der Waals surface area contributed by atoms with Gasteiger partial charge in [-0.05, 0) is 29.8 Å². The summed E-state index contributed by atoms with van der Waals surface area (Å²) in [4.78, 5) is 23.2. The van der Waals surface area contributed by atoms with E-state index in [1.54, 1.807) is 30.3 Å². The summed E-state index contributed by atoms with van der Waals surface area (Å²) >= 11 is 0. The minimum Gasteiger partial charge on any atom is -0.351 e. The molecule has 0 bridgehead atoms. The summed E-state index contributed by atoms with van der Waals surface area (Å²) in [7, 11) is 0. The van der Waals surface area contributed by atoms with Gasteiger partial charge in [-0.3, -0.25) is 9.59 Å². The van der Waals surface area contributed by atoms with Gasteiger partial charge in [-0.25, -0.2) is 0 Å². The average molecular weight is 293 g/mol. The number of anilines is 1. The predicted octanol–water partition coefficient (Wildman–Crippen LogP) is 2.47. The van der Waals surface area contributed by atoms with E-state index in [1.165, 1.54) is 0 Å². The van der Waals surface area contributed by atoms with Gasteiger partial charge in [0.05, 0.1) is 6.07 Å². The number of benzene rings is 2. The van der Waals surface area contributed by atoms with Crippen molar-refractivity contribution < 1.29 is 9.59 Å². The fraction of sp³-hybridized carbons (Fsp3) is 0.118. The van der Waals surface area contributed by atoms with Gasteiger partial charge in [0.1, 0.15) is 6.42 Å². The topological polar surface area (TPSA) is 82.0 Å². The van der Waals surface area contributed by atoms with Crippen LogP contribution in [0.4, 0.5) is 5.69 Å². The standard InChI is InChI=1S/C17H15N3O2/c18-11-10-16(21)19-12-13-6-8-15(9-7-13)20-17(22)14-4-2-1-3-5-14/h1-9H,10,12H2,(H,19,21)(H,20,22). The van der Waals surface area contributed by atoms with E-state index in [0.717, 1.165) is 5.56 Å². The van der Waals surface area contributed by atoms with Gasteiger partial charge in [0, 0.05) is 17.8 Å². The second kappa shape index (κ2) is 7.60. The molecule has 5 nitrogen and oxygen atoms in total. The Kier molecular flexibility index (Phi) is 5.27. The Labute approximate surface area is 128 Å². The molecule has 2 amide bonds. The fourth-order valence-corrected chi connectivity index (χ4v) is 1.83. The second-order valence-electron chi connectivity index (χ2n) is 4.63. The largest absolute Gasteiger partial charge is 0.351 e. The number of hydrogen-bond donors (Lipinski definition) is 2. The summed E-state index contributed by atoms with van der Waals surface area (Å²) in [6, 6.07) is 17.9. The van der Waals surface area contributed by atoms with Crippen LogP contribution in [0.1, 0.15) is 22.3 Å². The van der Waals surface area contributed by atoms with Crippen molar-refractivity contribution in [3.8, 4) is 6.07 Å². The maximum atomic E-state index is 12.0. The minimum atomic E-state index is -0.302. The van der Waals surface area contributed by atoms with Crippen LogP contribution in [0.3, 0.4) is 0 Å². The number of carbonyl (C=O) groups excluding carboxylic acids is 2. The van der Waals surface area contributed by atoms with Crippen molar-refractivity contribution in [1.82, 2.24) is 5.32 Å². The molecule has 0 atom stereocenters. The van der Waals surface area contributed by atoms with Gasteiger partial charge in [-0.1, -0.05) is 30.3 Å². The van der Waals surface area contributed by atoms with Crippen molar-refractivity contribution >= 4 is 17.5 Å². The van der Waals surface area contributed by atoms with E-state index in [4.69, 9.17) is 5.26 Å². The van der Waals surface area contributed by atoms with E-state index in [1.807, 2.05) is 30.3 Å². The molecule has 0 aliphatic heterocycles. The summed E-state index contributed by atoms with van der Waals surface area (Å²) in [5, 5.41) is 13.8. The first-order chi connectivity index (χ1) is 10.7. The normalized spacial score (nSPS) is 9.59. The van der Waals surface area contributed by atoms with Crippen molar-refractivity contribution in [3.63, 3.8) is 0 Å². The first-order valence-electron chi connectivity index (χ1n) is 6.78. The molecule has 2 N–H and O–H groups in total. The van der Waals surface area contributed by atoms with Gasteiger partial charge in [-0.2, -0.15) is 5.26 Å². The lowest BCUT2D eigenvalue weighted by Crippen LogP contribution is -2.21. The molecule has 0 aliphatic rings. The Morgan fingerprint density at radius 1 is 1.00 bits per heavy atom. The van der Waals surface area contributed by atoms with Gasteiger partial charge in [0.2, 0.25) is 5.91 Å². The Balaban J connectivity index is 1.91. The van der Waals surface area contributed by atoms with Gasteiger partial charge >= 0.3 is 0 Å². The summed E-state index contributed by atoms with van der Waals surface area (Å²) < 4.78 is 0. The third-order valence-corrected chi connectivity index (χ3v) is 2.98. The van der Waals surface area contributed by atoms with Crippen LogP contribution in [0.15, 0.2) is 54.6 Å². The van der Waals surface area contributed by atoms with Crippen molar-refractivity contribution in [1.29, 1.82) is 5.26 Å². The average Bonchev–Trinajstić information content (AvgIpc) is 2.55. The van der Waals surface area contributed by atoms with Crippen LogP contribution < -0.4 is 10.6 Å². The van der Waals surface area contributed by atoms with Gasteiger partial charge in [0.15, 0.2) is 0 Å². The van der Waals surface area contributed by atoms with Crippen LogP contribution in [-0.4, -0.2) is 11.8 Å². The van der Waals surface area contributed by atoms with Crippen LogP contribution in [-0.2, 0) is 11.3 Å². The Morgan fingerprint density at radius 3 is 2.32 bits per heavy atom. The number of rotatable bonds is 5. The fourth-order valence-electron chi connectivity index (χ4n) is 1.83. The molecule has 110 valence electrons. The molecule has 2 aromatic carbocycles. The lowest BCUT2D eigenvalue weighted by Gasteiger charge is -2.07. The third kappa shape index (κ3) is 4.46. The number of amides is 2. The Bertz CT molecular complexity index is 688. The molecule has 0 spiro atoms. The monoisotopic (exact) mass is 293 g/mol. The van der Waals surface area contributed by atoms with Gasteiger partial charge in [-0.15, -0.1) is 0 Å². The van der Waals surface area contributed by atoms with Crippen LogP contribution >= 0.6 is 0 Å². The number of carbonyl (C=O) groups is 2. The molecule has 0 saturated carbocycles. The Morgan fingerprint density at radius 2 is 1.68 bits per heavy atom. The smallest absolute Gasteiger partial charge is 0.255 e. The van der Waals surface area contributed by atoms with Gasteiger partial charge in [0.25, 0.3) is 5.91 Å². The molecule has 0 saturated heterocycles. The first-order valence-corrected chi connectivity index (χ1v) is 6.78. The van der Waals surface area contributed by atoms with Gasteiger partial charge < -0.3 is 10.6 Å². The quantitative estimate of drug-likeness (QED) is 0.888. The van der Waals surface area contributed by atoms with Crippen molar-refractivity contribution in [3.05, 3.63) is 65.7 Å². The number of hydrogen-bond acceptors (Lipinski definition) is 3. The zero-order valence-corrected chi connectivity index (χ0v) is 11.9. The molecule has 0 radical (unpaired) electrons. The summed E-state index contributed by atoms with van der Waals surface area (Å²) in [5.41, 5.74) is 2.17. The van der Waals surface area contributed by atoms with Crippen LogP contribution in [0.2, 0.25) is 0 Å². The highest BCUT2D eigenvalue weighted by Crippen LogP contribution is 2.11. The molecular formula is C17H15N3O2. The summed E-state index contributed by atoms with van der Waals surface area (Å²) in [6.45, 7) is 0.355. The highest BCUT2D eigenvalue weighted by atomic mass is 16.2. The van der Waals surface area contributed by atoms with Crippen molar-refractivity contribution in [2.45, 2.75) is 13.0 Å². The maximum Gasteiger partial charge on any atom is 0.255 e. The molecule has 5 heteroatoms. The molecule has 0 fully saturated rings. The second-order valence-corrected chi connectivity index (χ2v) is 4.63. The van der Waals surface area contributed by atoms with Crippen molar-refractivity contribution in [2.24, 2.45) is 0 Å².